The van der Waals surface area contributed by atoms with Gasteiger partial charge in [-0.1, -0.05) is 17.7 Å². The number of alkyl halides is 3. The summed E-state index contributed by atoms with van der Waals surface area (Å²) in [6.07, 6.45) is -1.66. The van der Waals surface area contributed by atoms with Gasteiger partial charge in [-0.15, -0.1) is 0 Å². The molecule has 24 heavy (non-hydrogen) atoms. The Labute approximate surface area is 140 Å². The van der Waals surface area contributed by atoms with E-state index in [1.165, 1.54) is 0 Å². The molecule has 0 bridgehead atoms. The molecule has 0 fully saturated rings. The van der Waals surface area contributed by atoms with Crippen LogP contribution in [0.1, 0.15) is 10.4 Å². The van der Waals surface area contributed by atoms with Gasteiger partial charge in [-0.25, -0.2) is 4.79 Å². The Kier molecular flexibility index (Phi) is 6.72. The Morgan fingerprint density at radius 1 is 1.12 bits per heavy atom. The summed E-state index contributed by atoms with van der Waals surface area (Å²) in [6.45, 7) is 0. The van der Waals surface area contributed by atoms with Gasteiger partial charge in [-0.05, 0) is 35.4 Å². The maximum atomic E-state index is 11.6. The van der Waals surface area contributed by atoms with Crippen molar-refractivity contribution in [3.8, 4) is 11.1 Å². The van der Waals surface area contributed by atoms with Crippen molar-refractivity contribution in [2.75, 3.05) is 7.05 Å². The number of benzene rings is 1. The first kappa shape index (κ1) is 19.4. The van der Waals surface area contributed by atoms with E-state index in [0.717, 1.165) is 11.1 Å². The molecule has 0 saturated carbocycles. The Balaban J connectivity index is 0.000000351. The predicted molar refractivity (Wildman–Crippen MR) is 81.8 cm³/mol. The first-order valence-corrected chi connectivity index (χ1v) is 6.76. The molecule has 0 unspecified atom stereocenters. The number of nitrogens with zero attached hydrogens (tertiary/aromatic N) is 1. The minimum Gasteiger partial charge on any atom is -0.475 e. The normalized spacial score (nSPS) is 10.4. The lowest BCUT2D eigenvalue weighted by Gasteiger charge is -2.06. The van der Waals surface area contributed by atoms with Crippen LogP contribution in [-0.2, 0) is 4.79 Å². The van der Waals surface area contributed by atoms with Crippen LogP contribution in [0.3, 0.4) is 0 Å². The molecule has 0 spiro atoms. The highest BCUT2D eigenvalue weighted by Crippen LogP contribution is 2.24. The molecule has 0 aliphatic heterocycles. The maximum absolute atomic E-state index is 11.6. The number of carbonyl (C=O) groups excluding carboxylic acids is 1. The Morgan fingerprint density at radius 2 is 1.67 bits per heavy atom. The van der Waals surface area contributed by atoms with Gasteiger partial charge in [0.2, 0.25) is 0 Å². The van der Waals surface area contributed by atoms with Crippen LogP contribution in [0, 0.1) is 0 Å². The van der Waals surface area contributed by atoms with E-state index in [1.54, 1.807) is 31.6 Å². The highest BCUT2D eigenvalue weighted by molar-refractivity contribution is 6.34. The van der Waals surface area contributed by atoms with Crippen molar-refractivity contribution in [3.05, 3.63) is 53.3 Å². The fraction of sp³-hybridized carbons (Fsp3) is 0.133. The number of hydrogen-bond acceptors (Lipinski definition) is 3. The molecule has 1 amide bonds. The summed E-state index contributed by atoms with van der Waals surface area (Å²) in [5, 5.41) is 10.1. The lowest BCUT2D eigenvalue weighted by Crippen LogP contribution is -2.21. The lowest BCUT2D eigenvalue weighted by atomic mass is 10.0. The molecule has 1 aromatic carbocycles. The standard InChI is InChI=1S/C13H11ClN2O.C2HF3O2/c1-15-13(17)11-8-10(2-3-12(11)14)9-4-6-16-7-5-9;3-2(4,5)1(6)7/h2-8H,1H3,(H,15,17);(H,6,7). The summed E-state index contributed by atoms with van der Waals surface area (Å²) in [6, 6.07) is 9.15. The van der Waals surface area contributed by atoms with E-state index < -0.39 is 12.1 Å². The molecule has 1 aromatic heterocycles. The number of aliphatic carboxylic acids is 1. The molecule has 0 radical (unpaired) electrons. The van der Waals surface area contributed by atoms with Crippen LogP contribution >= 0.6 is 11.6 Å². The summed E-state index contributed by atoms with van der Waals surface area (Å²) in [5.41, 5.74) is 2.42. The van der Waals surface area contributed by atoms with E-state index >= 15 is 0 Å². The van der Waals surface area contributed by atoms with Crippen LogP contribution in [0.5, 0.6) is 0 Å². The third-order valence-corrected chi connectivity index (χ3v) is 3.02. The van der Waals surface area contributed by atoms with Crippen molar-refractivity contribution < 1.29 is 27.9 Å². The van der Waals surface area contributed by atoms with Crippen molar-refractivity contribution in [2.24, 2.45) is 0 Å². The van der Waals surface area contributed by atoms with Gasteiger partial charge in [-0.3, -0.25) is 9.78 Å². The summed E-state index contributed by atoms with van der Waals surface area (Å²) in [5.74, 6) is -2.95. The number of carbonyl (C=O) groups is 2. The fourth-order valence-electron chi connectivity index (χ4n) is 1.56. The van der Waals surface area contributed by atoms with E-state index in [9.17, 15) is 18.0 Å². The molecule has 1 heterocycles. The van der Waals surface area contributed by atoms with E-state index in [2.05, 4.69) is 10.3 Å². The highest BCUT2D eigenvalue weighted by atomic mass is 35.5. The number of rotatable bonds is 2. The molecule has 0 aliphatic carbocycles. The maximum Gasteiger partial charge on any atom is 0.490 e. The first-order chi connectivity index (χ1) is 11.2. The molecule has 0 atom stereocenters. The number of carboxylic acid groups (broad SMARTS) is 1. The first-order valence-electron chi connectivity index (χ1n) is 6.39. The van der Waals surface area contributed by atoms with Gasteiger partial charge in [0.05, 0.1) is 10.6 Å². The number of carboxylic acids is 1. The van der Waals surface area contributed by atoms with E-state index in [1.807, 2.05) is 18.2 Å². The molecule has 128 valence electrons. The van der Waals surface area contributed by atoms with Gasteiger partial charge < -0.3 is 10.4 Å². The highest BCUT2D eigenvalue weighted by Gasteiger charge is 2.38. The molecule has 9 heteroatoms. The zero-order chi connectivity index (χ0) is 18.3. The summed E-state index contributed by atoms with van der Waals surface area (Å²) >= 11 is 5.98. The molecule has 2 rings (SSSR count). The third-order valence-electron chi connectivity index (χ3n) is 2.69. The summed E-state index contributed by atoms with van der Waals surface area (Å²) in [4.78, 5) is 24.5. The topological polar surface area (TPSA) is 79.3 Å². The predicted octanol–water partition coefficient (Wildman–Crippen LogP) is 3.39. The Bertz CT molecular complexity index is 722. The second-order valence-corrected chi connectivity index (χ2v) is 4.72. The average molecular weight is 361 g/mol. The lowest BCUT2D eigenvalue weighted by molar-refractivity contribution is -0.192. The summed E-state index contributed by atoms with van der Waals surface area (Å²) in [7, 11) is 1.58. The molecule has 0 aliphatic rings. The molecular weight excluding hydrogens is 349 g/mol. The van der Waals surface area contributed by atoms with E-state index in [4.69, 9.17) is 21.5 Å². The number of pyridine rings is 1. The largest absolute Gasteiger partial charge is 0.490 e. The molecule has 2 N–H and O–H groups in total. The Morgan fingerprint density at radius 3 is 2.12 bits per heavy atom. The second kappa shape index (κ2) is 8.30. The minimum absolute atomic E-state index is 0.189. The summed E-state index contributed by atoms with van der Waals surface area (Å²) < 4.78 is 31.7. The van der Waals surface area contributed by atoms with Crippen molar-refractivity contribution in [3.63, 3.8) is 0 Å². The molecule has 0 saturated heterocycles. The van der Waals surface area contributed by atoms with Crippen molar-refractivity contribution in [2.45, 2.75) is 6.18 Å². The van der Waals surface area contributed by atoms with Crippen LogP contribution in [0.15, 0.2) is 42.7 Å². The smallest absolute Gasteiger partial charge is 0.475 e. The quantitative estimate of drug-likeness (QED) is 0.860. The van der Waals surface area contributed by atoms with Gasteiger partial charge in [-0.2, -0.15) is 13.2 Å². The van der Waals surface area contributed by atoms with Crippen molar-refractivity contribution in [1.82, 2.24) is 10.3 Å². The van der Waals surface area contributed by atoms with Gasteiger partial charge >= 0.3 is 12.1 Å². The number of aromatic nitrogens is 1. The van der Waals surface area contributed by atoms with E-state index in [-0.39, 0.29) is 5.91 Å². The molecule has 5 nitrogen and oxygen atoms in total. The van der Waals surface area contributed by atoms with Crippen LogP contribution in [0.2, 0.25) is 5.02 Å². The van der Waals surface area contributed by atoms with E-state index in [0.29, 0.717) is 10.6 Å². The van der Waals surface area contributed by atoms with Crippen molar-refractivity contribution >= 4 is 23.5 Å². The van der Waals surface area contributed by atoms with Gasteiger partial charge in [0.15, 0.2) is 0 Å². The Hall–Kier alpha value is -2.61. The number of amides is 1. The SMILES string of the molecule is CNC(=O)c1cc(-c2ccncc2)ccc1Cl.O=C(O)C(F)(F)F. The van der Waals surface area contributed by atoms with Gasteiger partial charge in [0.1, 0.15) is 0 Å². The monoisotopic (exact) mass is 360 g/mol. The van der Waals surface area contributed by atoms with Gasteiger partial charge in [0.25, 0.3) is 5.91 Å². The zero-order valence-corrected chi connectivity index (χ0v) is 13.0. The number of hydrogen-bond donors (Lipinski definition) is 2. The average Bonchev–Trinajstić information content (AvgIpc) is 2.55. The second-order valence-electron chi connectivity index (χ2n) is 4.31. The number of halogens is 4. The zero-order valence-electron chi connectivity index (χ0n) is 12.3. The van der Waals surface area contributed by atoms with Gasteiger partial charge in [0, 0.05) is 19.4 Å². The minimum atomic E-state index is -5.08. The fourth-order valence-corrected chi connectivity index (χ4v) is 1.76. The van der Waals surface area contributed by atoms with Crippen LogP contribution in [0.4, 0.5) is 13.2 Å². The van der Waals surface area contributed by atoms with Crippen LogP contribution in [0.25, 0.3) is 11.1 Å². The third kappa shape index (κ3) is 5.54. The number of nitrogens with one attached hydrogen (secondary N) is 1. The molecule has 2 aromatic rings. The van der Waals surface area contributed by atoms with Crippen molar-refractivity contribution in [1.29, 1.82) is 0 Å². The van der Waals surface area contributed by atoms with Crippen LogP contribution < -0.4 is 5.32 Å². The van der Waals surface area contributed by atoms with Crippen LogP contribution in [-0.4, -0.2) is 35.2 Å². The molecular formula is C15H12ClF3N2O3.